The molecule has 1 N–H and O–H groups in total. The third kappa shape index (κ3) is 2.76. The van der Waals surface area contributed by atoms with Gasteiger partial charge in [0.05, 0.1) is 12.8 Å². The highest BCUT2D eigenvalue weighted by molar-refractivity contribution is 5.67. The standard InChI is InChI=1S/C9H14N2O3/c1-4-13-9(12)11-7(3)8-10-5-6(2)14-8/h5,7H,4H2,1-3H3,(H,11,12). The SMILES string of the molecule is CCOC(=O)NC(C)c1ncc(C)o1. The van der Waals surface area contributed by atoms with Gasteiger partial charge in [-0.15, -0.1) is 0 Å². The van der Waals surface area contributed by atoms with E-state index in [2.05, 4.69) is 10.3 Å². The Bertz CT molecular complexity index is 309. The van der Waals surface area contributed by atoms with Crippen LogP contribution in [0, 0.1) is 6.92 Å². The highest BCUT2D eigenvalue weighted by atomic mass is 16.5. The Labute approximate surface area is 82.5 Å². The number of hydrogen-bond donors (Lipinski definition) is 1. The van der Waals surface area contributed by atoms with E-state index in [0.717, 1.165) is 5.76 Å². The molecule has 0 radical (unpaired) electrons. The van der Waals surface area contributed by atoms with E-state index in [-0.39, 0.29) is 6.04 Å². The summed E-state index contributed by atoms with van der Waals surface area (Å²) in [6.45, 7) is 5.68. The van der Waals surface area contributed by atoms with Crippen LogP contribution in [0.5, 0.6) is 0 Å². The lowest BCUT2D eigenvalue weighted by molar-refractivity contribution is 0.147. The van der Waals surface area contributed by atoms with Gasteiger partial charge in [0.1, 0.15) is 11.8 Å². The second kappa shape index (κ2) is 4.64. The van der Waals surface area contributed by atoms with Gasteiger partial charge < -0.3 is 14.5 Å². The van der Waals surface area contributed by atoms with Gasteiger partial charge in [-0.1, -0.05) is 0 Å². The molecule has 1 aromatic rings. The summed E-state index contributed by atoms with van der Waals surface area (Å²) in [5, 5.41) is 2.59. The van der Waals surface area contributed by atoms with Crippen LogP contribution >= 0.6 is 0 Å². The van der Waals surface area contributed by atoms with Gasteiger partial charge in [-0.05, 0) is 20.8 Å². The molecule has 0 aromatic carbocycles. The quantitative estimate of drug-likeness (QED) is 0.804. The summed E-state index contributed by atoms with van der Waals surface area (Å²) in [6.07, 6.45) is 1.15. The fourth-order valence-corrected chi connectivity index (χ4v) is 0.984. The first-order valence-corrected chi connectivity index (χ1v) is 4.49. The van der Waals surface area contributed by atoms with Crippen LogP contribution in [-0.4, -0.2) is 17.7 Å². The second-order valence-electron chi connectivity index (χ2n) is 2.90. The minimum absolute atomic E-state index is 0.275. The Morgan fingerprint density at radius 3 is 3.00 bits per heavy atom. The molecule has 1 rings (SSSR count). The molecule has 14 heavy (non-hydrogen) atoms. The fraction of sp³-hybridized carbons (Fsp3) is 0.556. The van der Waals surface area contributed by atoms with Gasteiger partial charge in [0.15, 0.2) is 0 Å². The number of amides is 1. The normalized spacial score (nSPS) is 12.2. The number of aromatic nitrogens is 1. The maximum Gasteiger partial charge on any atom is 0.407 e. The summed E-state index contributed by atoms with van der Waals surface area (Å²) in [5.74, 6) is 1.20. The van der Waals surface area contributed by atoms with E-state index in [9.17, 15) is 4.79 Å². The van der Waals surface area contributed by atoms with Crippen LogP contribution in [0.3, 0.4) is 0 Å². The zero-order chi connectivity index (χ0) is 10.6. The largest absolute Gasteiger partial charge is 0.450 e. The lowest BCUT2D eigenvalue weighted by atomic mass is 10.3. The molecular weight excluding hydrogens is 184 g/mol. The van der Waals surface area contributed by atoms with Crippen molar-refractivity contribution in [2.75, 3.05) is 6.61 Å². The van der Waals surface area contributed by atoms with Crippen molar-refractivity contribution in [2.24, 2.45) is 0 Å². The summed E-state index contributed by atoms with van der Waals surface area (Å²) >= 11 is 0. The van der Waals surface area contributed by atoms with Crippen molar-refractivity contribution in [3.8, 4) is 0 Å². The third-order valence-corrected chi connectivity index (χ3v) is 1.62. The minimum Gasteiger partial charge on any atom is -0.450 e. The average Bonchev–Trinajstić information content (AvgIpc) is 2.52. The van der Waals surface area contributed by atoms with Crippen molar-refractivity contribution in [1.82, 2.24) is 10.3 Å². The van der Waals surface area contributed by atoms with E-state index in [1.807, 2.05) is 0 Å². The molecule has 0 saturated heterocycles. The first-order chi connectivity index (χ1) is 6.63. The first kappa shape index (κ1) is 10.6. The molecule has 0 aliphatic carbocycles. The van der Waals surface area contributed by atoms with E-state index < -0.39 is 6.09 Å². The Balaban J connectivity index is 2.50. The van der Waals surface area contributed by atoms with Crippen LogP contribution in [-0.2, 0) is 4.74 Å². The van der Waals surface area contributed by atoms with Crippen LogP contribution in [0.15, 0.2) is 10.6 Å². The molecule has 0 spiro atoms. The molecule has 1 heterocycles. The predicted molar refractivity (Wildman–Crippen MR) is 49.8 cm³/mol. The average molecular weight is 198 g/mol. The van der Waals surface area contributed by atoms with Crippen LogP contribution in [0.4, 0.5) is 4.79 Å². The topological polar surface area (TPSA) is 64.4 Å². The molecule has 0 aliphatic heterocycles. The van der Waals surface area contributed by atoms with Crippen LogP contribution in [0.1, 0.15) is 31.5 Å². The maximum atomic E-state index is 11.0. The molecule has 5 nitrogen and oxygen atoms in total. The Morgan fingerprint density at radius 1 is 1.79 bits per heavy atom. The molecule has 78 valence electrons. The lowest BCUT2D eigenvalue weighted by Gasteiger charge is -2.09. The molecule has 1 aromatic heterocycles. The van der Waals surface area contributed by atoms with Crippen LogP contribution < -0.4 is 5.32 Å². The van der Waals surface area contributed by atoms with E-state index in [1.165, 1.54) is 0 Å². The monoisotopic (exact) mass is 198 g/mol. The van der Waals surface area contributed by atoms with Crippen LogP contribution in [0.2, 0.25) is 0 Å². The number of nitrogens with one attached hydrogen (secondary N) is 1. The molecule has 1 unspecified atom stereocenters. The lowest BCUT2D eigenvalue weighted by Crippen LogP contribution is -2.27. The smallest absolute Gasteiger partial charge is 0.407 e. The highest BCUT2D eigenvalue weighted by Gasteiger charge is 2.14. The van der Waals surface area contributed by atoms with Gasteiger partial charge in [-0.2, -0.15) is 0 Å². The molecule has 1 amide bonds. The van der Waals surface area contributed by atoms with E-state index in [1.54, 1.807) is 27.0 Å². The Hall–Kier alpha value is -1.52. The molecule has 0 bridgehead atoms. The second-order valence-corrected chi connectivity index (χ2v) is 2.90. The number of nitrogens with zero attached hydrogens (tertiary/aromatic N) is 1. The van der Waals surface area contributed by atoms with Crippen molar-refractivity contribution in [3.63, 3.8) is 0 Å². The summed E-state index contributed by atoms with van der Waals surface area (Å²) in [4.78, 5) is 15.0. The number of carbonyl (C=O) groups is 1. The molecule has 0 fully saturated rings. The van der Waals surface area contributed by atoms with E-state index in [4.69, 9.17) is 9.15 Å². The maximum absolute atomic E-state index is 11.0. The van der Waals surface area contributed by atoms with E-state index >= 15 is 0 Å². The molecular formula is C9H14N2O3. The zero-order valence-corrected chi connectivity index (χ0v) is 8.53. The molecule has 5 heteroatoms. The van der Waals surface area contributed by atoms with Crippen molar-refractivity contribution >= 4 is 6.09 Å². The predicted octanol–water partition coefficient (Wildman–Crippen LogP) is 1.79. The van der Waals surface area contributed by atoms with Crippen molar-refractivity contribution < 1.29 is 13.9 Å². The minimum atomic E-state index is -0.462. The fourth-order valence-electron chi connectivity index (χ4n) is 0.984. The van der Waals surface area contributed by atoms with Gasteiger partial charge in [-0.3, -0.25) is 0 Å². The number of oxazole rings is 1. The summed E-state index contributed by atoms with van der Waals surface area (Å²) in [6, 6.07) is -0.275. The molecule has 1 atom stereocenters. The third-order valence-electron chi connectivity index (χ3n) is 1.62. The number of hydrogen-bond acceptors (Lipinski definition) is 4. The van der Waals surface area contributed by atoms with Crippen molar-refractivity contribution in [3.05, 3.63) is 17.8 Å². The van der Waals surface area contributed by atoms with Gasteiger partial charge in [0.25, 0.3) is 0 Å². The Kier molecular flexibility index (Phi) is 3.50. The molecule has 0 saturated carbocycles. The number of alkyl carbamates (subject to hydrolysis) is 1. The summed E-state index contributed by atoms with van der Waals surface area (Å²) in [7, 11) is 0. The van der Waals surface area contributed by atoms with Gasteiger partial charge in [0.2, 0.25) is 5.89 Å². The molecule has 0 aliphatic rings. The number of rotatable bonds is 3. The van der Waals surface area contributed by atoms with Crippen LogP contribution in [0.25, 0.3) is 0 Å². The van der Waals surface area contributed by atoms with E-state index in [0.29, 0.717) is 12.5 Å². The number of ether oxygens (including phenoxy) is 1. The van der Waals surface area contributed by atoms with Gasteiger partial charge in [0, 0.05) is 0 Å². The summed E-state index contributed by atoms with van der Waals surface area (Å²) in [5.41, 5.74) is 0. The summed E-state index contributed by atoms with van der Waals surface area (Å²) < 4.78 is 9.96. The number of aryl methyl sites for hydroxylation is 1. The number of carbonyl (C=O) groups excluding carboxylic acids is 1. The highest BCUT2D eigenvalue weighted by Crippen LogP contribution is 2.11. The van der Waals surface area contributed by atoms with Gasteiger partial charge >= 0.3 is 6.09 Å². The van der Waals surface area contributed by atoms with Crippen molar-refractivity contribution in [1.29, 1.82) is 0 Å². The first-order valence-electron chi connectivity index (χ1n) is 4.49. The van der Waals surface area contributed by atoms with Crippen molar-refractivity contribution in [2.45, 2.75) is 26.8 Å². The Morgan fingerprint density at radius 2 is 2.50 bits per heavy atom. The van der Waals surface area contributed by atoms with Gasteiger partial charge in [-0.25, -0.2) is 9.78 Å². The zero-order valence-electron chi connectivity index (χ0n) is 8.53.